The second kappa shape index (κ2) is 6.99. The zero-order valence-electron chi connectivity index (χ0n) is 14.8. The molecule has 0 radical (unpaired) electrons. The van der Waals surface area contributed by atoms with E-state index < -0.39 is 17.9 Å². The van der Waals surface area contributed by atoms with Gasteiger partial charge in [-0.3, -0.25) is 14.5 Å². The van der Waals surface area contributed by atoms with Gasteiger partial charge in [-0.1, -0.05) is 11.3 Å². The molecule has 2 atom stereocenters. The van der Waals surface area contributed by atoms with Crippen LogP contribution in [0.2, 0.25) is 0 Å². The van der Waals surface area contributed by atoms with Crippen LogP contribution in [0.1, 0.15) is 6.92 Å². The Morgan fingerprint density at radius 1 is 1.43 bits per heavy atom. The van der Waals surface area contributed by atoms with Gasteiger partial charge in [-0.25, -0.2) is 9.78 Å². The first kappa shape index (κ1) is 18.6. The fourth-order valence-electron chi connectivity index (χ4n) is 3.23. The SMILES string of the molecule is CC1=C(C(=O)O)N2C(=O)C(NC(=O)CNc3ccc4nc(N)sc4c3)[C@@H]2SC1. The number of thioether (sulfide) groups is 1. The molecule has 1 aromatic heterocycles. The fourth-order valence-corrected chi connectivity index (χ4v) is 5.30. The molecule has 9 nitrogen and oxygen atoms in total. The zero-order chi connectivity index (χ0) is 20.0. The van der Waals surface area contributed by atoms with Crippen LogP contribution in [0.4, 0.5) is 10.8 Å². The van der Waals surface area contributed by atoms with Crippen LogP contribution in [0.25, 0.3) is 10.2 Å². The van der Waals surface area contributed by atoms with E-state index in [0.717, 1.165) is 15.9 Å². The van der Waals surface area contributed by atoms with Crippen LogP contribution in [0.15, 0.2) is 29.5 Å². The van der Waals surface area contributed by atoms with Crippen molar-refractivity contribution < 1.29 is 19.5 Å². The summed E-state index contributed by atoms with van der Waals surface area (Å²) >= 11 is 2.81. The summed E-state index contributed by atoms with van der Waals surface area (Å²) < 4.78 is 0.912. The number of rotatable bonds is 5. The highest BCUT2D eigenvalue weighted by Gasteiger charge is 2.53. The molecule has 2 aliphatic rings. The van der Waals surface area contributed by atoms with Crippen LogP contribution < -0.4 is 16.4 Å². The van der Waals surface area contributed by atoms with Crippen molar-refractivity contribution in [3.63, 3.8) is 0 Å². The summed E-state index contributed by atoms with van der Waals surface area (Å²) in [5, 5.41) is 15.1. The van der Waals surface area contributed by atoms with Crippen LogP contribution in [-0.2, 0) is 14.4 Å². The highest BCUT2D eigenvalue weighted by molar-refractivity contribution is 8.00. The maximum absolute atomic E-state index is 12.4. The van der Waals surface area contributed by atoms with E-state index in [-0.39, 0.29) is 23.5 Å². The van der Waals surface area contributed by atoms with Gasteiger partial charge in [-0.05, 0) is 30.7 Å². The van der Waals surface area contributed by atoms with E-state index in [2.05, 4.69) is 15.6 Å². The lowest BCUT2D eigenvalue weighted by molar-refractivity contribution is -0.150. The van der Waals surface area contributed by atoms with Gasteiger partial charge in [0.2, 0.25) is 5.91 Å². The van der Waals surface area contributed by atoms with Gasteiger partial charge in [0.05, 0.1) is 16.8 Å². The summed E-state index contributed by atoms with van der Waals surface area (Å²) in [5.41, 5.74) is 7.89. The number of benzene rings is 1. The van der Waals surface area contributed by atoms with Gasteiger partial charge in [-0.2, -0.15) is 0 Å². The molecular weight excluding hydrogens is 402 g/mol. The van der Waals surface area contributed by atoms with E-state index in [4.69, 9.17) is 5.73 Å². The van der Waals surface area contributed by atoms with Gasteiger partial charge in [-0.15, -0.1) is 11.8 Å². The molecule has 2 amide bonds. The summed E-state index contributed by atoms with van der Waals surface area (Å²) in [4.78, 5) is 41.5. The standard InChI is InChI=1S/C17H17N5O4S2/c1-7-6-27-15-12(14(24)22(15)13(7)16(25)26)21-11(23)5-19-8-2-3-9-10(4-8)28-17(18)20-9/h2-4,12,15,19H,5-6H2,1H3,(H2,18,20)(H,21,23)(H,25,26)/t12?,15-/m0/s1. The van der Waals surface area contributed by atoms with Crippen molar-refractivity contribution in [1.29, 1.82) is 0 Å². The monoisotopic (exact) mass is 419 g/mol. The molecule has 2 aromatic rings. The number of carbonyl (C=O) groups excluding carboxylic acids is 2. The molecule has 4 rings (SSSR count). The molecule has 28 heavy (non-hydrogen) atoms. The van der Waals surface area contributed by atoms with E-state index in [1.165, 1.54) is 28.0 Å². The van der Waals surface area contributed by atoms with E-state index in [0.29, 0.717) is 16.5 Å². The number of carbonyl (C=O) groups is 3. The second-order valence-corrected chi connectivity index (χ2v) is 8.64. The number of thiazole rings is 1. The molecule has 1 unspecified atom stereocenters. The predicted molar refractivity (Wildman–Crippen MR) is 108 cm³/mol. The van der Waals surface area contributed by atoms with Gasteiger partial charge < -0.3 is 21.5 Å². The van der Waals surface area contributed by atoms with Gasteiger partial charge in [0, 0.05) is 11.4 Å². The predicted octanol–water partition coefficient (Wildman–Crippen LogP) is 1.05. The lowest BCUT2D eigenvalue weighted by Gasteiger charge is -2.49. The molecule has 1 saturated heterocycles. The van der Waals surface area contributed by atoms with Crippen molar-refractivity contribution in [3.8, 4) is 0 Å². The number of anilines is 2. The fraction of sp³-hybridized carbons (Fsp3) is 0.294. The van der Waals surface area contributed by atoms with Gasteiger partial charge >= 0.3 is 5.97 Å². The van der Waals surface area contributed by atoms with E-state index in [9.17, 15) is 19.5 Å². The number of nitrogens with one attached hydrogen (secondary N) is 2. The quantitative estimate of drug-likeness (QED) is 0.528. The number of amides is 2. The highest BCUT2D eigenvalue weighted by atomic mass is 32.2. The van der Waals surface area contributed by atoms with Gasteiger partial charge in [0.1, 0.15) is 17.1 Å². The molecule has 0 aliphatic carbocycles. The Balaban J connectivity index is 1.37. The number of aromatic nitrogens is 1. The molecule has 11 heteroatoms. The summed E-state index contributed by atoms with van der Waals surface area (Å²) in [6.07, 6.45) is 0. The Hall–Kier alpha value is -2.79. The van der Waals surface area contributed by atoms with Crippen molar-refractivity contribution in [2.24, 2.45) is 0 Å². The number of β-lactam (4-membered cyclic amide) rings is 1. The van der Waals surface area contributed by atoms with Crippen LogP contribution in [0.3, 0.4) is 0 Å². The Bertz CT molecular complexity index is 1030. The van der Waals surface area contributed by atoms with E-state index in [1.54, 1.807) is 13.0 Å². The number of hydrogen-bond donors (Lipinski definition) is 4. The molecular formula is C17H17N5O4S2. The maximum Gasteiger partial charge on any atom is 0.352 e. The Morgan fingerprint density at radius 2 is 2.21 bits per heavy atom. The Kier molecular flexibility index (Phi) is 4.63. The third-order valence-electron chi connectivity index (χ3n) is 4.54. The first-order valence-electron chi connectivity index (χ1n) is 8.42. The van der Waals surface area contributed by atoms with E-state index in [1.807, 2.05) is 12.1 Å². The largest absolute Gasteiger partial charge is 0.477 e. The lowest BCUT2D eigenvalue weighted by Crippen LogP contribution is -2.70. The number of nitrogens with two attached hydrogens (primary N) is 1. The third kappa shape index (κ3) is 3.16. The minimum Gasteiger partial charge on any atom is -0.477 e. The molecule has 2 aliphatic heterocycles. The minimum atomic E-state index is -1.12. The van der Waals surface area contributed by atoms with Crippen molar-refractivity contribution in [3.05, 3.63) is 29.5 Å². The van der Waals surface area contributed by atoms with E-state index >= 15 is 0 Å². The minimum absolute atomic E-state index is 0.0123. The number of fused-ring (bicyclic) bond motifs is 2. The van der Waals surface area contributed by atoms with Crippen molar-refractivity contribution >= 4 is 61.9 Å². The molecule has 0 bridgehead atoms. The summed E-state index contributed by atoms with van der Waals surface area (Å²) in [7, 11) is 0. The number of carboxylic acids is 1. The summed E-state index contributed by atoms with van der Waals surface area (Å²) in [5.74, 6) is -1.35. The molecule has 5 N–H and O–H groups in total. The number of carboxylic acid groups (broad SMARTS) is 1. The normalized spacial score (nSPS) is 21.3. The van der Waals surface area contributed by atoms with Crippen molar-refractivity contribution in [2.45, 2.75) is 18.3 Å². The maximum atomic E-state index is 12.4. The summed E-state index contributed by atoms with van der Waals surface area (Å²) in [6, 6.07) is 4.76. The number of hydrogen-bond acceptors (Lipinski definition) is 8. The Morgan fingerprint density at radius 3 is 2.96 bits per heavy atom. The van der Waals surface area contributed by atoms with Crippen molar-refractivity contribution in [2.75, 3.05) is 23.3 Å². The molecule has 1 aromatic carbocycles. The van der Waals surface area contributed by atoms with Gasteiger partial charge in [0.25, 0.3) is 5.91 Å². The number of nitrogens with zero attached hydrogens (tertiary/aromatic N) is 2. The lowest BCUT2D eigenvalue weighted by atomic mass is 10.0. The van der Waals surface area contributed by atoms with Crippen LogP contribution in [0, 0.1) is 0 Å². The highest BCUT2D eigenvalue weighted by Crippen LogP contribution is 2.40. The van der Waals surface area contributed by atoms with Crippen LogP contribution >= 0.6 is 23.1 Å². The third-order valence-corrected chi connectivity index (χ3v) is 6.81. The smallest absolute Gasteiger partial charge is 0.352 e. The summed E-state index contributed by atoms with van der Waals surface area (Å²) in [6.45, 7) is 1.69. The molecule has 0 saturated carbocycles. The van der Waals surface area contributed by atoms with Crippen LogP contribution in [0.5, 0.6) is 0 Å². The van der Waals surface area contributed by atoms with Crippen molar-refractivity contribution in [1.82, 2.24) is 15.2 Å². The van der Waals surface area contributed by atoms with Gasteiger partial charge in [0.15, 0.2) is 5.13 Å². The molecule has 3 heterocycles. The number of nitrogen functional groups attached to an aromatic ring is 1. The topological polar surface area (TPSA) is 138 Å². The average molecular weight is 419 g/mol. The zero-order valence-corrected chi connectivity index (χ0v) is 16.4. The second-order valence-electron chi connectivity index (χ2n) is 6.48. The number of aliphatic carboxylic acids is 1. The van der Waals surface area contributed by atoms with Crippen LogP contribution in [-0.4, -0.2) is 56.5 Å². The first-order valence-corrected chi connectivity index (χ1v) is 10.3. The average Bonchev–Trinajstić information content (AvgIpc) is 3.03. The first-order chi connectivity index (χ1) is 13.3. The Labute approximate surface area is 168 Å². The molecule has 146 valence electrons. The molecule has 1 fully saturated rings. The molecule has 0 spiro atoms.